The van der Waals surface area contributed by atoms with Crippen molar-refractivity contribution in [1.29, 1.82) is 0 Å². The molecule has 1 aliphatic rings. The van der Waals surface area contributed by atoms with Gasteiger partial charge in [-0.2, -0.15) is 4.98 Å². The van der Waals surface area contributed by atoms with E-state index in [2.05, 4.69) is 43.0 Å². The number of aryl methyl sites for hydroxylation is 2. The fourth-order valence-electron chi connectivity index (χ4n) is 4.38. The van der Waals surface area contributed by atoms with Gasteiger partial charge in [0.15, 0.2) is 11.2 Å². The van der Waals surface area contributed by atoms with Crippen molar-refractivity contribution in [2.24, 2.45) is 13.0 Å². The minimum absolute atomic E-state index is 0.110. The van der Waals surface area contributed by atoms with Crippen LogP contribution in [0.25, 0.3) is 11.2 Å². The van der Waals surface area contributed by atoms with Gasteiger partial charge in [0.2, 0.25) is 5.95 Å². The van der Waals surface area contributed by atoms with Crippen LogP contribution in [0.4, 0.5) is 11.6 Å². The van der Waals surface area contributed by atoms with Gasteiger partial charge < -0.3 is 9.47 Å². The summed E-state index contributed by atoms with van der Waals surface area (Å²) in [6.45, 7) is 5.76. The van der Waals surface area contributed by atoms with Crippen molar-refractivity contribution >= 4 is 34.4 Å². The predicted molar refractivity (Wildman–Crippen MR) is 127 cm³/mol. The molecule has 2 aromatic heterocycles. The molecule has 0 saturated carbocycles. The van der Waals surface area contributed by atoms with Gasteiger partial charge in [-0.05, 0) is 36.6 Å². The Morgan fingerprint density at radius 2 is 1.78 bits per heavy atom. The van der Waals surface area contributed by atoms with Gasteiger partial charge in [0, 0.05) is 30.8 Å². The minimum Gasteiger partial charge on any atom is -0.312 e. The second-order valence-corrected chi connectivity index (χ2v) is 8.98. The highest BCUT2D eigenvalue weighted by Gasteiger charge is 2.29. The average molecular weight is 450 g/mol. The van der Waals surface area contributed by atoms with E-state index >= 15 is 0 Å². The Kier molecular flexibility index (Phi) is 4.93. The highest BCUT2D eigenvalue weighted by Crippen LogP contribution is 2.32. The monoisotopic (exact) mass is 449 g/mol. The largest absolute Gasteiger partial charge is 0.332 e. The van der Waals surface area contributed by atoms with Crippen molar-refractivity contribution in [3.8, 4) is 0 Å². The summed E-state index contributed by atoms with van der Waals surface area (Å²) in [4.78, 5) is 33.6. The van der Waals surface area contributed by atoms with Gasteiger partial charge in [-0.25, -0.2) is 4.79 Å². The topological polar surface area (TPSA) is 65.1 Å². The molecule has 0 fully saturated rings. The van der Waals surface area contributed by atoms with Crippen LogP contribution in [0, 0.1) is 12.8 Å². The zero-order valence-corrected chi connectivity index (χ0v) is 19.0. The van der Waals surface area contributed by atoms with Crippen molar-refractivity contribution in [3.63, 3.8) is 0 Å². The Morgan fingerprint density at radius 1 is 1.06 bits per heavy atom. The first kappa shape index (κ1) is 20.6. The van der Waals surface area contributed by atoms with Gasteiger partial charge in [0.25, 0.3) is 5.56 Å². The van der Waals surface area contributed by atoms with Crippen LogP contribution < -0.4 is 16.1 Å². The number of fused-ring (bicyclic) bond motifs is 3. The van der Waals surface area contributed by atoms with Crippen molar-refractivity contribution in [3.05, 3.63) is 85.5 Å². The lowest BCUT2D eigenvalue weighted by Gasteiger charge is -2.33. The molecule has 0 bridgehead atoms. The number of rotatable bonds is 3. The van der Waals surface area contributed by atoms with E-state index in [1.54, 1.807) is 13.1 Å². The molecule has 164 valence electrons. The Hall–Kier alpha value is -3.32. The van der Waals surface area contributed by atoms with Crippen LogP contribution in [-0.2, 0) is 20.1 Å². The Labute approximate surface area is 190 Å². The first-order chi connectivity index (χ1) is 15.3. The van der Waals surface area contributed by atoms with Crippen LogP contribution in [0.3, 0.4) is 0 Å². The molecule has 8 heteroatoms. The van der Waals surface area contributed by atoms with Gasteiger partial charge in [0.1, 0.15) is 0 Å². The fraction of sp³-hybridized carbons (Fsp3) is 0.292. The molecule has 32 heavy (non-hydrogen) atoms. The molecule has 0 spiro atoms. The molecule has 1 atom stereocenters. The van der Waals surface area contributed by atoms with E-state index in [0.29, 0.717) is 34.6 Å². The lowest BCUT2D eigenvalue weighted by molar-refractivity contribution is 0.458. The SMILES string of the molecule is Cc1ccc(N2C[C@@H](C)Cn3c2nc2c3c(=O)n(Cc3ccccc3Cl)c(=O)n2C)cc1. The number of benzene rings is 2. The molecule has 0 radical (unpaired) electrons. The van der Waals surface area contributed by atoms with Gasteiger partial charge in [-0.3, -0.25) is 13.9 Å². The number of hydrogen-bond donors (Lipinski definition) is 0. The van der Waals surface area contributed by atoms with E-state index in [9.17, 15) is 9.59 Å². The first-order valence-corrected chi connectivity index (χ1v) is 11.0. The third-order valence-electron chi connectivity index (χ3n) is 6.07. The summed E-state index contributed by atoms with van der Waals surface area (Å²) in [6, 6.07) is 15.5. The molecular formula is C24H24ClN5O2. The van der Waals surface area contributed by atoms with Gasteiger partial charge in [-0.1, -0.05) is 54.4 Å². The summed E-state index contributed by atoms with van der Waals surface area (Å²) >= 11 is 6.30. The van der Waals surface area contributed by atoms with Gasteiger partial charge in [-0.15, -0.1) is 0 Å². The molecule has 4 aromatic rings. The van der Waals surface area contributed by atoms with E-state index in [0.717, 1.165) is 17.8 Å². The molecule has 0 amide bonds. The van der Waals surface area contributed by atoms with Crippen LogP contribution in [0.1, 0.15) is 18.1 Å². The Bertz CT molecular complexity index is 1450. The summed E-state index contributed by atoms with van der Waals surface area (Å²) < 4.78 is 4.65. The number of anilines is 2. The lowest BCUT2D eigenvalue weighted by atomic mass is 10.1. The number of aromatic nitrogens is 4. The third kappa shape index (κ3) is 3.24. The Morgan fingerprint density at radius 3 is 2.50 bits per heavy atom. The highest BCUT2D eigenvalue weighted by atomic mass is 35.5. The van der Waals surface area contributed by atoms with Crippen LogP contribution in [-0.4, -0.2) is 25.2 Å². The summed E-state index contributed by atoms with van der Waals surface area (Å²) in [5.74, 6) is 0.986. The minimum atomic E-state index is -0.409. The van der Waals surface area contributed by atoms with Gasteiger partial charge >= 0.3 is 5.69 Å². The van der Waals surface area contributed by atoms with E-state index in [4.69, 9.17) is 16.6 Å². The summed E-state index contributed by atoms with van der Waals surface area (Å²) in [5.41, 5.74) is 3.00. The fourth-order valence-corrected chi connectivity index (χ4v) is 4.58. The zero-order chi connectivity index (χ0) is 22.6. The highest BCUT2D eigenvalue weighted by molar-refractivity contribution is 6.31. The third-order valence-corrected chi connectivity index (χ3v) is 6.44. The Balaban J connectivity index is 1.73. The second-order valence-electron chi connectivity index (χ2n) is 8.57. The lowest BCUT2D eigenvalue weighted by Crippen LogP contribution is -2.40. The van der Waals surface area contributed by atoms with Crippen molar-refractivity contribution in [2.45, 2.75) is 26.9 Å². The smallest absolute Gasteiger partial charge is 0.312 e. The second kappa shape index (κ2) is 7.67. The van der Waals surface area contributed by atoms with Gasteiger partial charge in [0.05, 0.1) is 6.54 Å². The average Bonchev–Trinajstić information content (AvgIpc) is 3.16. The standard InChI is InChI=1S/C24H24ClN5O2/c1-15-8-10-18(11-9-15)28-12-16(2)13-29-20-21(26-23(28)29)27(3)24(32)30(22(20)31)14-17-6-4-5-7-19(17)25/h4-11,16H,12-14H2,1-3H3/t16-/m1/s1. The molecule has 3 heterocycles. The van der Waals surface area contributed by atoms with Crippen LogP contribution in [0.5, 0.6) is 0 Å². The van der Waals surface area contributed by atoms with Crippen LogP contribution in [0.2, 0.25) is 5.02 Å². The summed E-state index contributed by atoms with van der Waals surface area (Å²) in [7, 11) is 1.66. The molecule has 0 unspecified atom stereocenters. The molecule has 1 aliphatic heterocycles. The van der Waals surface area contributed by atoms with E-state index < -0.39 is 5.69 Å². The number of halogens is 1. The van der Waals surface area contributed by atoms with Crippen molar-refractivity contribution in [2.75, 3.05) is 11.4 Å². The molecular weight excluding hydrogens is 426 g/mol. The molecule has 7 nitrogen and oxygen atoms in total. The molecule has 0 aliphatic carbocycles. The van der Waals surface area contributed by atoms with E-state index in [1.165, 1.54) is 14.7 Å². The predicted octanol–water partition coefficient (Wildman–Crippen LogP) is 3.69. The van der Waals surface area contributed by atoms with Crippen molar-refractivity contribution in [1.82, 2.24) is 18.7 Å². The van der Waals surface area contributed by atoms with Crippen molar-refractivity contribution < 1.29 is 0 Å². The summed E-state index contributed by atoms with van der Waals surface area (Å²) in [6.07, 6.45) is 0. The molecule has 2 aromatic carbocycles. The number of imidazole rings is 1. The van der Waals surface area contributed by atoms with Crippen LogP contribution >= 0.6 is 11.6 Å². The molecule has 5 rings (SSSR count). The maximum atomic E-state index is 13.6. The maximum absolute atomic E-state index is 13.6. The first-order valence-electron chi connectivity index (χ1n) is 10.6. The number of hydrogen-bond acceptors (Lipinski definition) is 4. The molecule has 0 N–H and O–H groups in total. The van der Waals surface area contributed by atoms with E-state index in [-0.39, 0.29) is 12.1 Å². The quantitative estimate of drug-likeness (QED) is 0.478. The molecule has 0 saturated heterocycles. The van der Waals surface area contributed by atoms with Crippen LogP contribution in [0.15, 0.2) is 58.1 Å². The number of nitrogens with zero attached hydrogens (tertiary/aromatic N) is 5. The van der Waals surface area contributed by atoms with E-state index in [1.807, 2.05) is 22.8 Å². The summed E-state index contributed by atoms with van der Waals surface area (Å²) in [5, 5.41) is 0.524. The zero-order valence-electron chi connectivity index (χ0n) is 18.2. The normalized spacial score (nSPS) is 15.9. The maximum Gasteiger partial charge on any atom is 0.332 e.